The van der Waals surface area contributed by atoms with E-state index >= 15 is 0 Å². The van der Waals surface area contributed by atoms with E-state index in [4.69, 9.17) is 0 Å². The zero-order chi connectivity index (χ0) is 21.5. The van der Waals surface area contributed by atoms with Crippen LogP contribution >= 0.6 is 0 Å². The van der Waals surface area contributed by atoms with Crippen molar-refractivity contribution in [3.05, 3.63) is 70.3 Å². The number of aromatic nitrogens is 2. The molecule has 0 saturated carbocycles. The molecule has 0 saturated heterocycles. The topological polar surface area (TPSA) is 113 Å². The van der Waals surface area contributed by atoms with Crippen molar-refractivity contribution in [1.29, 1.82) is 0 Å². The Labute approximate surface area is 173 Å². The van der Waals surface area contributed by atoms with E-state index < -0.39 is 0 Å². The number of fused-ring (bicyclic) bond motifs is 1. The van der Waals surface area contributed by atoms with E-state index in [0.717, 1.165) is 5.56 Å². The van der Waals surface area contributed by atoms with E-state index in [1.165, 1.54) is 23.0 Å². The van der Waals surface area contributed by atoms with Crippen molar-refractivity contribution in [3.63, 3.8) is 0 Å². The number of aryl methyl sites for hydroxylation is 2. The summed E-state index contributed by atoms with van der Waals surface area (Å²) in [6.45, 7) is 2.94. The highest BCUT2D eigenvalue weighted by molar-refractivity contribution is 5.94. The van der Waals surface area contributed by atoms with Crippen LogP contribution in [0, 0.1) is 6.92 Å². The second kappa shape index (κ2) is 9.69. The summed E-state index contributed by atoms with van der Waals surface area (Å²) in [7, 11) is 0. The summed E-state index contributed by atoms with van der Waals surface area (Å²) in [5, 5.41) is 15.4. The Bertz CT molecular complexity index is 1120. The van der Waals surface area contributed by atoms with Crippen molar-refractivity contribution in [1.82, 2.24) is 20.2 Å². The Morgan fingerprint density at radius 3 is 2.67 bits per heavy atom. The maximum atomic E-state index is 12.5. The number of carbonyl (C=O) groups is 2. The second-order valence-electron chi connectivity index (χ2n) is 6.97. The van der Waals surface area contributed by atoms with Gasteiger partial charge in [0.15, 0.2) is 0 Å². The number of carbonyl (C=O) groups excluding carboxylic acids is 2. The van der Waals surface area contributed by atoms with Crippen LogP contribution in [0.5, 0.6) is 5.75 Å². The summed E-state index contributed by atoms with van der Waals surface area (Å²) >= 11 is 0. The van der Waals surface area contributed by atoms with Crippen LogP contribution in [0.3, 0.4) is 0 Å². The van der Waals surface area contributed by atoms with E-state index in [-0.39, 0.29) is 36.1 Å². The number of para-hydroxylation sites is 1. The fraction of sp³-hybridized carbons (Fsp3) is 0.273. The highest BCUT2D eigenvalue weighted by Gasteiger charge is 2.08. The van der Waals surface area contributed by atoms with Gasteiger partial charge in [0.1, 0.15) is 5.75 Å². The van der Waals surface area contributed by atoms with Crippen LogP contribution in [0.25, 0.3) is 10.9 Å². The predicted molar refractivity (Wildman–Crippen MR) is 113 cm³/mol. The molecule has 0 bridgehead atoms. The largest absolute Gasteiger partial charge is 0.508 e. The lowest BCUT2D eigenvalue weighted by molar-refractivity contribution is -0.121. The van der Waals surface area contributed by atoms with Crippen molar-refractivity contribution in [2.24, 2.45) is 0 Å². The number of aromatic hydroxyl groups is 1. The molecule has 156 valence electrons. The Morgan fingerprint density at radius 2 is 1.87 bits per heavy atom. The van der Waals surface area contributed by atoms with Crippen molar-refractivity contribution >= 4 is 22.7 Å². The lowest BCUT2D eigenvalue weighted by Gasteiger charge is -2.09. The van der Waals surface area contributed by atoms with Gasteiger partial charge in [0.25, 0.3) is 11.5 Å². The summed E-state index contributed by atoms with van der Waals surface area (Å²) in [6.07, 6.45) is 2.20. The number of rotatable bonds is 8. The normalized spacial score (nSPS) is 10.7. The molecule has 0 radical (unpaired) electrons. The first-order valence-corrected chi connectivity index (χ1v) is 9.74. The molecule has 0 unspecified atom stereocenters. The molecular formula is C22H24N4O4. The zero-order valence-electron chi connectivity index (χ0n) is 16.7. The van der Waals surface area contributed by atoms with Gasteiger partial charge in [-0.2, -0.15) is 0 Å². The first kappa shape index (κ1) is 21.0. The molecular weight excluding hydrogens is 384 g/mol. The number of benzene rings is 2. The number of hydrogen-bond donors (Lipinski definition) is 3. The molecule has 2 amide bonds. The standard InChI is InChI=1S/C22H24N4O4/c1-15-5-2-8-18-20(15)25-14-26(22(18)30)12-9-19(28)23-10-4-11-24-21(29)16-6-3-7-17(27)13-16/h2-3,5-8,13-14,27H,4,9-12H2,1H3,(H,23,28)(H,24,29). The molecule has 0 spiro atoms. The van der Waals surface area contributed by atoms with Crippen LogP contribution < -0.4 is 16.2 Å². The van der Waals surface area contributed by atoms with Crippen LogP contribution in [0.15, 0.2) is 53.6 Å². The second-order valence-corrected chi connectivity index (χ2v) is 6.97. The van der Waals surface area contributed by atoms with Crippen LogP contribution in [0.1, 0.15) is 28.8 Å². The fourth-order valence-electron chi connectivity index (χ4n) is 3.07. The van der Waals surface area contributed by atoms with Gasteiger partial charge in [0.05, 0.1) is 17.2 Å². The zero-order valence-corrected chi connectivity index (χ0v) is 16.7. The highest BCUT2D eigenvalue weighted by Crippen LogP contribution is 2.11. The number of nitrogens with zero attached hydrogens (tertiary/aromatic N) is 2. The molecule has 1 aromatic heterocycles. The monoisotopic (exact) mass is 408 g/mol. The third-order valence-electron chi connectivity index (χ3n) is 4.70. The summed E-state index contributed by atoms with van der Waals surface area (Å²) in [5.41, 5.74) is 1.83. The molecule has 3 rings (SSSR count). The maximum absolute atomic E-state index is 12.5. The SMILES string of the molecule is Cc1cccc2c(=O)n(CCC(=O)NCCCNC(=O)c3cccc(O)c3)cnc12. The molecule has 0 aliphatic heterocycles. The van der Waals surface area contributed by atoms with Gasteiger partial charge in [-0.3, -0.25) is 19.0 Å². The van der Waals surface area contributed by atoms with E-state index in [2.05, 4.69) is 15.6 Å². The molecule has 1 heterocycles. The van der Waals surface area contributed by atoms with Crippen molar-refractivity contribution in [2.45, 2.75) is 26.3 Å². The molecule has 8 heteroatoms. The Morgan fingerprint density at radius 1 is 1.10 bits per heavy atom. The summed E-state index contributed by atoms with van der Waals surface area (Å²) in [6, 6.07) is 11.6. The number of phenolic OH excluding ortho intramolecular Hbond substituents is 1. The number of hydrogen-bond acceptors (Lipinski definition) is 5. The predicted octanol–water partition coefficient (Wildman–Crippen LogP) is 1.74. The molecule has 30 heavy (non-hydrogen) atoms. The molecule has 0 aliphatic carbocycles. The third kappa shape index (κ3) is 5.22. The summed E-state index contributed by atoms with van der Waals surface area (Å²) in [4.78, 5) is 40.8. The minimum Gasteiger partial charge on any atom is -0.508 e. The molecule has 8 nitrogen and oxygen atoms in total. The summed E-state index contributed by atoms with van der Waals surface area (Å²) < 4.78 is 1.44. The molecule has 0 aliphatic rings. The molecule has 3 aromatic rings. The Hall–Kier alpha value is -3.68. The minimum atomic E-state index is -0.282. The van der Waals surface area contributed by atoms with Gasteiger partial charge in [-0.15, -0.1) is 0 Å². The Kier molecular flexibility index (Phi) is 6.79. The first-order chi connectivity index (χ1) is 14.5. The van der Waals surface area contributed by atoms with E-state index in [0.29, 0.717) is 36.0 Å². The van der Waals surface area contributed by atoms with Gasteiger partial charge in [-0.25, -0.2) is 4.98 Å². The molecule has 3 N–H and O–H groups in total. The van der Waals surface area contributed by atoms with Gasteiger partial charge in [0.2, 0.25) is 5.91 Å². The van der Waals surface area contributed by atoms with Gasteiger partial charge in [0, 0.05) is 31.6 Å². The Balaban J connectivity index is 1.40. The van der Waals surface area contributed by atoms with Gasteiger partial charge < -0.3 is 15.7 Å². The first-order valence-electron chi connectivity index (χ1n) is 9.74. The average molecular weight is 408 g/mol. The smallest absolute Gasteiger partial charge is 0.261 e. The molecule has 0 atom stereocenters. The van der Waals surface area contributed by atoms with E-state index in [1.54, 1.807) is 18.2 Å². The van der Waals surface area contributed by atoms with Crippen molar-refractivity contribution < 1.29 is 14.7 Å². The van der Waals surface area contributed by atoms with Crippen LogP contribution in [0.4, 0.5) is 0 Å². The number of phenols is 1. The van der Waals surface area contributed by atoms with Gasteiger partial charge in [-0.05, 0) is 43.2 Å². The molecule has 2 aromatic carbocycles. The lowest BCUT2D eigenvalue weighted by atomic mass is 10.1. The molecule has 0 fully saturated rings. The summed E-state index contributed by atoms with van der Waals surface area (Å²) in [5.74, 6) is -0.424. The quantitative estimate of drug-likeness (QED) is 0.492. The number of amides is 2. The van der Waals surface area contributed by atoms with Gasteiger partial charge in [-0.1, -0.05) is 18.2 Å². The minimum absolute atomic E-state index is 0.0331. The van der Waals surface area contributed by atoms with E-state index in [1.807, 2.05) is 19.1 Å². The van der Waals surface area contributed by atoms with Crippen LogP contribution in [-0.4, -0.2) is 39.6 Å². The van der Waals surface area contributed by atoms with E-state index in [9.17, 15) is 19.5 Å². The van der Waals surface area contributed by atoms with Crippen LogP contribution in [-0.2, 0) is 11.3 Å². The highest BCUT2D eigenvalue weighted by atomic mass is 16.3. The number of nitrogens with one attached hydrogen (secondary N) is 2. The fourth-order valence-corrected chi connectivity index (χ4v) is 3.07. The third-order valence-corrected chi connectivity index (χ3v) is 4.70. The lowest BCUT2D eigenvalue weighted by Crippen LogP contribution is -2.31. The van der Waals surface area contributed by atoms with Crippen molar-refractivity contribution in [2.75, 3.05) is 13.1 Å². The average Bonchev–Trinajstić information content (AvgIpc) is 2.73. The van der Waals surface area contributed by atoms with Crippen molar-refractivity contribution in [3.8, 4) is 5.75 Å². The maximum Gasteiger partial charge on any atom is 0.261 e. The van der Waals surface area contributed by atoms with Gasteiger partial charge >= 0.3 is 0 Å². The van der Waals surface area contributed by atoms with Crippen LogP contribution in [0.2, 0.25) is 0 Å².